The number of benzene rings is 2. The molecule has 2 heterocycles. The number of hydrogen-bond donors (Lipinski definition) is 2. The number of carbonyl (C=O) groups is 1. The van der Waals surface area contributed by atoms with E-state index >= 15 is 0 Å². The van der Waals surface area contributed by atoms with Gasteiger partial charge in [0.15, 0.2) is 0 Å². The number of hydrogen-bond acceptors (Lipinski definition) is 6. The molecule has 2 aliphatic heterocycles. The maximum absolute atomic E-state index is 10.0. The van der Waals surface area contributed by atoms with Gasteiger partial charge < -0.3 is 24.9 Å². The molecule has 0 bridgehead atoms. The van der Waals surface area contributed by atoms with E-state index < -0.39 is 0 Å². The lowest BCUT2D eigenvalue weighted by atomic mass is 10.1. The van der Waals surface area contributed by atoms with Gasteiger partial charge in [0, 0.05) is 35.9 Å². The number of halogens is 1. The van der Waals surface area contributed by atoms with Gasteiger partial charge in [-0.05, 0) is 94.3 Å². The fourth-order valence-electron chi connectivity index (χ4n) is 4.36. The fraction of sp³-hybridized carbons (Fsp3) is 0.441. The fourth-order valence-corrected chi connectivity index (χ4v) is 4.49. The van der Waals surface area contributed by atoms with Crippen LogP contribution in [-0.2, 0) is 4.79 Å². The first kappa shape index (κ1) is 34.1. The lowest BCUT2D eigenvalue weighted by Gasteiger charge is -2.36. The van der Waals surface area contributed by atoms with Crippen LogP contribution in [0.5, 0.6) is 5.75 Å². The molecule has 1 unspecified atom stereocenters. The van der Waals surface area contributed by atoms with E-state index in [2.05, 4.69) is 66.5 Å². The number of aliphatic hydroxyl groups excluding tert-OH is 1. The van der Waals surface area contributed by atoms with Gasteiger partial charge in [-0.15, -0.1) is 0 Å². The van der Waals surface area contributed by atoms with Crippen LogP contribution in [0.25, 0.3) is 0 Å². The zero-order valence-corrected chi connectivity index (χ0v) is 26.1. The van der Waals surface area contributed by atoms with E-state index in [1.54, 1.807) is 6.08 Å². The molecule has 2 aromatic carbocycles. The Balaban J connectivity index is 0.000000373. The minimum Gasteiger partial charge on any atom is -0.508 e. The summed E-state index contributed by atoms with van der Waals surface area (Å²) in [7, 11) is 2.16. The Morgan fingerprint density at radius 1 is 1.15 bits per heavy atom. The highest BCUT2D eigenvalue weighted by Crippen LogP contribution is 2.35. The zero-order chi connectivity index (χ0) is 30.0. The van der Waals surface area contributed by atoms with Crippen molar-refractivity contribution in [3.05, 3.63) is 101 Å². The molecule has 2 N–H and O–H groups in total. The van der Waals surface area contributed by atoms with Gasteiger partial charge in [0.1, 0.15) is 24.0 Å². The number of rotatable bonds is 9. The van der Waals surface area contributed by atoms with Crippen LogP contribution in [0, 0.1) is 6.92 Å². The molecule has 2 aromatic rings. The number of nitrogens with one attached hydrogen (secondary N) is 1. The van der Waals surface area contributed by atoms with Crippen LogP contribution < -0.4 is 10.1 Å². The quantitative estimate of drug-likeness (QED) is 0.231. The van der Waals surface area contributed by atoms with Crippen LogP contribution in [0.4, 0.5) is 0 Å². The van der Waals surface area contributed by atoms with Gasteiger partial charge in [-0.25, -0.2) is 0 Å². The molecule has 1 fully saturated rings. The van der Waals surface area contributed by atoms with E-state index in [4.69, 9.17) is 16.3 Å². The molecule has 7 heteroatoms. The Hall–Kier alpha value is -3.06. The number of allylic oxidation sites excluding steroid dienone is 4. The molecule has 1 saturated heterocycles. The summed E-state index contributed by atoms with van der Waals surface area (Å²) in [6.07, 6.45) is 13.3. The molecule has 41 heavy (non-hydrogen) atoms. The van der Waals surface area contributed by atoms with E-state index in [1.165, 1.54) is 11.1 Å². The van der Waals surface area contributed by atoms with Gasteiger partial charge in [0.2, 0.25) is 0 Å². The predicted octanol–water partition coefficient (Wildman–Crippen LogP) is 7.97. The summed E-state index contributed by atoms with van der Waals surface area (Å²) in [5.41, 5.74) is 3.61. The molecular formula is C34H48ClN3O3. The number of aliphatic hydroxyl groups is 1. The van der Waals surface area contributed by atoms with Gasteiger partial charge in [-0.1, -0.05) is 62.2 Å². The summed E-state index contributed by atoms with van der Waals surface area (Å²) in [5, 5.41) is 14.2. The summed E-state index contributed by atoms with van der Waals surface area (Å²) in [6.45, 7) is 11.0. The van der Waals surface area contributed by atoms with E-state index in [1.807, 2.05) is 50.3 Å². The molecule has 4 rings (SSSR count). The molecule has 0 radical (unpaired) electrons. The third-order valence-corrected chi connectivity index (χ3v) is 6.77. The summed E-state index contributed by atoms with van der Waals surface area (Å²) >= 11 is 5.61. The van der Waals surface area contributed by atoms with Crippen LogP contribution in [0.2, 0.25) is 5.02 Å². The van der Waals surface area contributed by atoms with Crippen LogP contribution >= 0.6 is 11.6 Å². The standard InChI is InChI=1S/C23H33N3O2.C7H7Cl.C4H8O/c1-18(2)24-13-6-16-28-22-11-9-19(10-12-22)23-25(3)14-4-7-20-17-21(27)8-5-15-26(20)23;1-6-2-4-7(8)5-3-6;1-2-3-4-5/h5,8-12,15,17-18,23-24,27H,4,6-7,13-14,16H2,1-3H3;2-5H,1H3;4H,2-3H2,1H3. The van der Waals surface area contributed by atoms with Crippen molar-refractivity contribution in [2.45, 2.75) is 72.0 Å². The topological polar surface area (TPSA) is 65.0 Å². The number of fused-ring (bicyclic) bond motifs is 1. The molecule has 0 saturated carbocycles. The highest BCUT2D eigenvalue weighted by atomic mass is 35.5. The number of carbonyl (C=O) groups excluding carboxylic acids is 1. The van der Waals surface area contributed by atoms with Crippen LogP contribution in [-0.4, -0.2) is 54.0 Å². The second kappa shape index (κ2) is 19.1. The molecule has 0 spiro atoms. The van der Waals surface area contributed by atoms with Crippen molar-refractivity contribution in [3.8, 4) is 5.75 Å². The highest BCUT2D eigenvalue weighted by molar-refractivity contribution is 6.30. The van der Waals surface area contributed by atoms with E-state index in [9.17, 15) is 9.90 Å². The normalized spacial score (nSPS) is 16.6. The van der Waals surface area contributed by atoms with Crippen molar-refractivity contribution in [1.82, 2.24) is 15.1 Å². The molecule has 0 amide bonds. The van der Waals surface area contributed by atoms with Crippen LogP contribution in [0.15, 0.2) is 84.4 Å². The minimum atomic E-state index is 0.105. The first-order chi connectivity index (χ1) is 19.7. The molecule has 0 aromatic heterocycles. The van der Waals surface area contributed by atoms with Gasteiger partial charge in [0.05, 0.1) is 6.61 Å². The van der Waals surface area contributed by atoms with Crippen molar-refractivity contribution in [1.29, 1.82) is 0 Å². The largest absolute Gasteiger partial charge is 0.508 e. The maximum Gasteiger partial charge on any atom is 0.119 e. The summed E-state index contributed by atoms with van der Waals surface area (Å²) < 4.78 is 5.89. The van der Waals surface area contributed by atoms with Gasteiger partial charge in [-0.3, -0.25) is 4.90 Å². The Morgan fingerprint density at radius 2 is 1.85 bits per heavy atom. The minimum absolute atomic E-state index is 0.105. The Kier molecular flexibility index (Phi) is 15.9. The SMILES string of the molecule is CC(C)NCCCOc1ccc(C2N(C)CCCC3=CC(O)=CC=CN32)cc1.CCCC=O.Cc1ccc(Cl)cc1. The first-order valence-corrected chi connectivity index (χ1v) is 15.0. The second-order valence-corrected chi connectivity index (χ2v) is 11.0. The summed E-state index contributed by atoms with van der Waals surface area (Å²) in [4.78, 5) is 14.0. The maximum atomic E-state index is 10.0. The highest BCUT2D eigenvalue weighted by Gasteiger charge is 2.28. The molecule has 2 aliphatic rings. The summed E-state index contributed by atoms with van der Waals surface area (Å²) in [5.74, 6) is 1.22. The predicted molar refractivity (Wildman–Crippen MR) is 171 cm³/mol. The van der Waals surface area contributed by atoms with Crippen molar-refractivity contribution < 1.29 is 14.6 Å². The average Bonchev–Trinajstić information content (AvgIpc) is 3.21. The zero-order valence-electron chi connectivity index (χ0n) is 25.4. The Bertz CT molecular complexity index is 1090. The van der Waals surface area contributed by atoms with Crippen molar-refractivity contribution in [2.24, 2.45) is 0 Å². The van der Waals surface area contributed by atoms with Crippen LogP contribution in [0.3, 0.4) is 0 Å². The van der Waals surface area contributed by atoms with E-state index in [-0.39, 0.29) is 6.17 Å². The van der Waals surface area contributed by atoms with Crippen molar-refractivity contribution in [2.75, 3.05) is 26.7 Å². The van der Waals surface area contributed by atoms with Crippen LogP contribution in [0.1, 0.15) is 70.2 Å². The van der Waals surface area contributed by atoms with Crippen molar-refractivity contribution >= 4 is 17.9 Å². The van der Waals surface area contributed by atoms with Gasteiger partial charge in [-0.2, -0.15) is 0 Å². The van der Waals surface area contributed by atoms with Crippen molar-refractivity contribution in [3.63, 3.8) is 0 Å². The smallest absolute Gasteiger partial charge is 0.119 e. The molecule has 224 valence electrons. The molecule has 1 atom stereocenters. The third kappa shape index (κ3) is 13.0. The van der Waals surface area contributed by atoms with E-state index in [0.29, 0.717) is 18.2 Å². The van der Waals surface area contributed by atoms with E-state index in [0.717, 1.165) is 68.1 Å². The van der Waals surface area contributed by atoms with Gasteiger partial charge >= 0.3 is 0 Å². The number of aryl methyl sites for hydroxylation is 1. The number of aldehydes is 1. The third-order valence-electron chi connectivity index (χ3n) is 6.52. The lowest BCUT2D eigenvalue weighted by Crippen LogP contribution is -2.34. The average molecular weight is 582 g/mol. The number of nitrogens with zero attached hydrogens (tertiary/aromatic N) is 2. The monoisotopic (exact) mass is 581 g/mol. The number of ether oxygens (including phenoxy) is 1. The summed E-state index contributed by atoms with van der Waals surface area (Å²) in [6, 6.07) is 16.7. The van der Waals surface area contributed by atoms with Gasteiger partial charge in [0.25, 0.3) is 0 Å². The molecule has 0 aliphatic carbocycles. The lowest BCUT2D eigenvalue weighted by molar-refractivity contribution is -0.107. The first-order valence-electron chi connectivity index (χ1n) is 14.6. The Morgan fingerprint density at radius 3 is 2.44 bits per heavy atom. The number of unbranched alkanes of at least 4 members (excludes halogenated alkanes) is 1. The Labute approximate surface area is 252 Å². The second-order valence-electron chi connectivity index (χ2n) is 10.6. The molecular weight excluding hydrogens is 534 g/mol. The molecule has 6 nitrogen and oxygen atoms in total.